The summed E-state index contributed by atoms with van der Waals surface area (Å²) in [5.41, 5.74) is -0.0920. The van der Waals surface area contributed by atoms with Crippen LogP contribution in [0.5, 0.6) is 0 Å². The van der Waals surface area contributed by atoms with Gasteiger partial charge in [0.1, 0.15) is 12.1 Å². The molecule has 0 amide bonds. The molecule has 3 nitrogen and oxygen atoms in total. The number of nitrogens with one attached hydrogen (secondary N) is 1. The third-order valence-electron chi connectivity index (χ3n) is 9.40. The predicted octanol–water partition coefficient (Wildman–Crippen LogP) is 11.9. The SMILES string of the molecule is CCCCCCCCCCCCCCCCCCC1CN=C(C(C)(CC=O)CCCCCCCCCCCC)N1. The molecule has 0 saturated carbocycles. The van der Waals surface area contributed by atoms with Gasteiger partial charge in [-0.15, -0.1) is 0 Å². The zero-order valence-electron chi connectivity index (χ0n) is 27.7. The van der Waals surface area contributed by atoms with Crippen LogP contribution in [0.25, 0.3) is 0 Å². The van der Waals surface area contributed by atoms with Crippen molar-refractivity contribution >= 4 is 12.1 Å². The first-order valence-electron chi connectivity index (χ1n) is 18.4. The lowest BCUT2D eigenvalue weighted by molar-refractivity contribution is -0.109. The van der Waals surface area contributed by atoms with Gasteiger partial charge < -0.3 is 10.1 Å². The van der Waals surface area contributed by atoms with Crippen LogP contribution in [0.3, 0.4) is 0 Å². The monoisotopic (exact) mass is 561 g/mol. The van der Waals surface area contributed by atoms with Gasteiger partial charge in [-0.3, -0.25) is 4.99 Å². The van der Waals surface area contributed by atoms with Crippen LogP contribution in [0.4, 0.5) is 0 Å². The zero-order valence-corrected chi connectivity index (χ0v) is 27.7. The summed E-state index contributed by atoms with van der Waals surface area (Å²) in [7, 11) is 0. The summed E-state index contributed by atoms with van der Waals surface area (Å²) in [6.07, 6.45) is 40.3. The number of aliphatic imine (C=N–C) groups is 1. The van der Waals surface area contributed by atoms with Crippen molar-refractivity contribution in [2.75, 3.05) is 6.54 Å². The molecule has 0 fully saturated rings. The van der Waals surface area contributed by atoms with Crippen LogP contribution < -0.4 is 5.32 Å². The third-order valence-corrected chi connectivity index (χ3v) is 9.40. The Kier molecular flexibility index (Phi) is 25.1. The molecule has 1 aliphatic heterocycles. The van der Waals surface area contributed by atoms with E-state index < -0.39 is 0 Å². The van der Waals surface area contributed by atoms with Crippen molar-refractivity contribution < 1.29 is 4.79 Å². The third kappa shape index (κ3) is 20.1. The molecule has 1 heterocycles. The number of rotatable bonds is 31. The lowest BCUT2D eigenvalue weighted by Crippen LogP contribution is -2.40. The maximum atomic E-state index is 11.5. The molecule has 40 heavy (non-hydrogen) atoms. The molecule has 236 valence electrons. The van der Waals surface area contributed by atoms with E-state index in [-0.39, 0.29) is 5.41 Å². The number of nitrogens with zero attached hydrogens (tertiary/aromatic N) is 1. The minimum atomic E-state index is -0.0920. The van der Waals surface area contributed by atoms with Crippen LogP contribution in [0.2, 0.25) is 0 Å². The number of aldehydes is 1. The van der Waals surface area contributed by atoms with E-state index in [1.807, 2.05) is 0 Å². The van der Waals surface area contributed by atoms with Crippen LogP contribution in [0, 0.1) is 5.41 Å². The average molecular weight is 561 g/mol. The molecular weight excluding hydrogens is 488 g/mol. The Morgan fingerprint density at radius 3 is 1.40 bits per heavy atom. The lowest BCUT2D eigenvalue weighted by atomic mass is 9.80. The van der Waals surface area contributed by atoms with E-state index >= 15 is 0 Å². The molecule has 0 radical (unpaired) electrons. The molecule has 1 aliphatic rings. The Balaban J connectivity index is 2.00. The lowest BCUT2D eigenvalue weighted by Gasteiger charge is -2.29. The van der Waals surface area contributed by atoms with Crippen molar-refractivity contribution in [1.82, 2.24) is 5.32 Å². The van der Waals surface area contributed by atoms with Crippen molar-refractivity contribution in [3.8, 4) is 0 Å². The predicted molar refractivity (Wildman–Crippen MR) is 179 cm³/mol. The van der Waals surface area contributed by atoms with Gasteiger partial charge in [0.2, 0.25) is 0 Å². The molecule has 0 aromatic carbocycles. The van der Waals surface area contributed by atoms with Gasteiger partial charge in [-0.2, -0.15) is 0 Å². The molecule has 1 N–H and O–H groups in total. The average Bonchev–Trinajstić information content (AvgIpc) is 3.44. The Bertz CT molecular complexity index is 589. The fraction of sp³-hybridized carbons (Fsp3) is 0.946. The highest BCUT2D eigenvalue weighted by Crippen LogP contribution is 2.31. The van der Waals surface area contributed by atoms with Crippen molar-refractivity contribution in [2.24, 2.45) is 10.4 Å². The van der Waals surface area contributed by atoms with E-state index in [9.17, 15) is 4.79 Å². The number of unbranched alkanes of at least 4 members (excludes halogenated alkanes) is 24. The molecule has 0 spiro atoms. The Morgan fingerprint density at radius 2 is 1.00 bits per heavy atom. The van der Waals surface area contributed by atoms with E-state index in [4.69, 9.17) is 4.99 Å². The van der Waals surface area contributed by atoms with Gasteiger partial charge in [0.25, 0.3) is 0 Å². The molecule has 2 unspecified atom stereocenters. The highest BCUT2D eigenvalue weighted by Gasteiger charge is 2.34. The Morgan fingerprint density at radius 1 is 0.625 bits per heavy atom. The second-order valence-corrected chi connectivity index (χ2v) is 13.5. The van der Waals surface area contributed by atoms with Gasteiger partial charge in [0, 0.05) is 17.9 Å². The summed E-state index contributed by atoms with van der Waals surface area (Å²) in [5.74, 6) is 1.12. The standard InChI is InChI=1S/C37H72N2O/c1-4-6-8-10-12-14-16-17-18-19-20-21-22-24-26-28-30-35-34-38-36(39-35)37(3,32-33-40)31-29-27-25-23-15-13-11-9-7-5-2/h33,35H,4-32,34H2,1-3H3,(H,38,39). The second kappa shape index (κ2) is 27.0. The van der Waals surface area contributed by atoms with Gasteiger partial charge in [0.15, 0.2) is 0 Å². The molecule has 0 aliphatic carbocycles. The van der Waals surface area contributed by atoms with Crippen molar-refractivity contribution in [1.29, 1.82) is 0 Å². The molecule has 0 saturated heterocycles. The van der Waals surface area contributed by atoms with E-state index in [0.717, 1.165) is 25.1 Å². The Labute approximate surface area is 251 Å². The van der Waals surface area contributed by atoms with E-state index in [1.54, 1.807) is 0 Å². The summed E-state index contributed by atoms with van der Waals surface area (Å²) in [6.45, 7) is 7.75. The molecular formula is C37H72N2O. The molecule has 3 heteroatoms. The van der Waals surface area contributed by atoms with Crippen molar-refractivity contribution in [3.63, 3.8) is 0 Å². The Hall–Kier alpha value is -0.860. The van der Waals surface area contributed by atoms with E-state index in [2.05, 4.69) is 26.1 Å². The molecule has 0 aromatic heterocycles. The second-order valence-electron chi connectivity index (χ2n) is 13.5. The van der Waals surface area contributed by atoms with Crippen LogP contribution >= 0.6 is 0 Å². The number of amidine groups is 1. The highest BCUT2D eigenvalue weighted by atomic mass is 16.1. The van der Waals surface area contributed by atoms with Gasteiger partial charge in [-0.05, 0) is 12.8 Å². The maximum Gasteiger partial charge on any atom is 0.120 e. The van der Waals surface area contributed by atoms with Crippen LogP contribution in [0.15, 0.2) is 4.99 Å². The van der Waals surface area contributed by atoms with Crippen molar-refractivity contribution in [2.45, 2.75) is 213 Å². The summed E-state index contributed by atoms with van der Waals surface area (Å²) in [6, 6.07) is 0.486. The smallest absolute Gasteiger partial charge is 0.120 e. The summed E-state index contributed by atoms with van der Waals surface area (Å²) >= 11 is 0. The maximum absolute atomic E-state index is 11.5. The number of carbonyl (C=O) groups excluding carboxylic acids is 1. The topological polar surface area (TPSA) is 41.5 Å². The van der Waals surface area contributed by atoms with Crippen LogP contribution in [0.1, 0.15) is 207 Å². The highest BCUT2D eigenvalue weighted by molar-refractivity contribution is 5.91. The normalized spacial score (nSPS) is 16.6. The zero-order chi connectivity index (χ0) is 29.0. The quantitative estimate of drug-likeness (QED) is 0.0676. The molecule has 0 bridgehead atoms. The minimum absolute atomic E-state index is 0.0920. The van der Waals surface area contributed by atoms with Gasteiger partial charge in [0.05, 0.1) is 6.54 Å². The first kappa shape index (κ1) is 37.2. The molecule has 2 atom stereocenters. The van der Waals surface area contributed by atoms with Crippen molar-refractivity contribution in [3.05, 3.63) is 0 Å². The summed E-state index contributed by atoms with van der Waals surface area (Å²) in [4.78, 5) is 16.4. The van der Waals surface area contributed by atoms with Crippen LogP contribution in [-0.2, 0) is 4.79 Å². The van der Waals surface area contributed by atoms with E-state index in [0.29, 0.717) is 12.5 Å². The van der Waals surface area contributed by atoms with Gasteiger partial charge >= 0.3 is 0 Å². The van der Waals surface area contributed by atoms with Crippen LogP contribution in [-0.4, -0.2) is 24.7 Å². The number of hydrogen-bond acceptors (Lipinski definition) is 3. The number of carbonyl (C=O) groups is 1. The fourth-order valence-corrected chi connectivity index (χ4v) is 6.46. The van der Waals surface area contributed by atoms with E-state index in [1.165, 1.54) is 173 Å². The van der Waals surface area contributed by atoms with Gasteiger partial charge in [-0.25, -0.2) is 0 Å². The first-order valence-corrected chi connectivity index (χ1v) is 18.4. The summed E-state index contributed by atoms with van der Waals surface area (Å²) in [5, 5.41) is 3.75. The largest absolute Gasteiger partial charge is 0.369 e. The minimum Gasteiger partial charge on any atom is -0.369 e. The fourth-order valence-electron chi connectivity index (χ4n) is 6.46. The molecule has 1 rings (SSSR count). The number of hydrogen-bond donors (Lipinski definition) is 1. The summed E-state index contributed by atoms with van der Waals surface area (Å²) < 4.78 is 0. The molecule has 0 aromatic rings. The van der Waals surface area contributed by atoms with Gasteiger partial charge in [-0.1, -0.05) is 188 Å². The first-order chi connectivity index (χ1) is 19.7.